The van der Waals surface area contributed by atoms with Crippen molar-refractivity contribution in [2.45, 2.75) is 182 Å². The number of benzene rings is 6. The number of nitrogens with one attached hydrogen (secondary N) is 3. The van der Waals surface area contributed by atoms with Gasteiger partial charge >= 0.3 is 18.3 Å². The summed E-state index contributed by atoms with van der Waals surface area (Å²) in [5, 5.41) is 5.50. The predicted octanol–water partition coefficient (Wildman–Crippen LogP) is 22.1. The maximum absolute atomic E-state index is 13.2. The first-order valence-electron chi connectivity index (χ1n) is 44.3. The molecule has 4 aromatic heterocycles. The standard InChI is InChI=1S/C33H45ClN4O3.C33H44ClN3O3.C31H37ClN4O3/c1-24(2)23-41-33(39)38-16-14-28-29-22-26(34)10-13-30(29)35-31(28)32(38)25-8-11-27(12-9-25)40-21-7-5-4-6-15-37-19-17-36(3)18-20-37;1-24(2)23-40-33(38)37-20-16-28-29-22-26(34)12-15-30(29)35-31(28)32(37)25-10-13-27(14-11-25)39-21-9-4-3-6-17-36-18-7-5-8-19-36;1-22(2)20-39-31(37)36-16-13-26-27-19-24(32)9-12-28(27)34-29(26)30(36)23-7-10-25(11-8-23)38-18-6-4-3-5-15-35-17-14-33-21-35/h8-13,22,24,32,35H,4-7,14-21,23H2,1-3H3;10-15,22,24,32,35H,3-9,16-21,23H2,1-2H3;7-12,14,17,19,21-22,30,34H,3-6,13,15-16,18,20H2,1-2H3. The number of hydrogen-bond donors (Lipinski definition) is 3. The maximum atomic E-state index is 13.2. The van der Waals surface area contributed by atoms with Gasteiger partial charge in [-0.3, -0.25) is 14.7 Å². The SMILES string of the molecule is CC(C)COC(=O)N1CCc2c([nH]c3ccc(Cl)cc23)C1c1ccc(OCCCCCCN2CCCCC2)cc1.CC(C)COC(=O)N1CCc2c([nH]c3ccc(Cl)cc23)C1c1ccc(OCCCCCCN2CCN(C)CC2)cc1.CC(C)COC(=O)N1CCc2c([nH]c3ccc(Cl)cc23)C1c1ccc(OCCCCCCn2ccnc2)cc1. The number of imidazole rings is 1. The average molecular weight is 1700 g/mol. The van der Waals surface area contributed by atoms with E-state index in [-0.39, 0.29) is 54.2 Å². The zero-order chi connectivity index (χ0) is 83.9. The molecule has 9 heterocycles. The van der Waals surface area contributed by atoms with E-state index in [4.69, 9.17) is 63.2 Å². The van der Waals surface area contributed by atoms with Crippen molar-refractivity contribution in [3.8, 4) is 17.2 Å². The van der Waals surface area contributed by atoms with Crippen molar-refractivity contribution >= 4 is 85.8 Å². The molecule has 15 rings (SSSR count). The number of piperidine rings is 1. The molecule has 3 atom stereocenters. The number of likely N-dealkylation sites (tertiary alicyclic amines) is 1. The van der Waals surface area contributed by atoms with Gasteiger partial charge in [0.25, 0.3) is 0 Å². The topological polar surface area (TPSA) is 191 Å². The molecule has 0 bridgehead atoms. The fourth-order valence-corrected chi connectivity index (χ4v) is 17.7. The van der Waals surface area contributed by atoms with Crippen LogP contribution in [0.2, 0.25) is 15.1 Å². The fourth-order valence-electron chi connectivity index (χ4n) is 17.2. The minimum Gasteiger partial charge on any atom is -0.494 e. The summed E-state index contributed by atoms with van der Waals surface area (Å²) in [4.78, 5) is 67.6. The lowest BCUT2D eigenvalue weighted by Gasteiger charge is -2.35. The van der Waals surface area contributed by atoms with Crippen LogP contribution in [0.5, 0.6) is 17.2 Å². The molecule has 5 aliphatic rings. The van der Waals surface area contributed by atoms with Crippen molar-refractivity contribution in [1.82, 2.24) is 53.9 Å². The Hall–Kier alpha value is -8.89. The van der Waals surface area contributed by atoms with Crippen molar-refractivity contribution in [2.24, 2.45) is 17.8 Å². The van der Waals surface area contributed by atoms with E-state index in [2.05, 4.69) is 96.5 Å². The number of aryl methyl sites for hydroxylation is 1. The molecule has 0 spiro atoms. The first kappa shape index (κ1) is 88.9. The molecule has 0 aliphatic carbocycles. The lowest BCUT2D eigenvalue weighted by atomic mass is 9.92. The number of piperazine rings is 1. The van der Waals surface area contributed by atoms with Crippen molar-refractivity contribution in [1.29, 1.82) is 0 Å². The number of H-pyrrole nitrogens is 3. The lowest BCUT2D eigenvalue weighted by molar-refractivity contribution is 0.0791. The molecule has 3 unspecified atom stereocenters. The van der Waals surface area contributed by atoms with Crippen LogP contribution in [-0.4, -0.2) is 191 Å². The van der Waals surface area contributed by atoms with Gasteiger partial charge in [0, 0.05) is 130 Å². The number of aromatic nitrogens is 5. The van der Waals surface area contributed by atoms with E-state index in [1.54, 1.807) is 0 Å². The van der Waals surface area contributed by atoms with E-state index in [1.807, 2.05) is 152 Å². The summed E-state index contributed by atoms with van der Waals surface area (Å²) < 4.78 is 37.3. The third-order valence-corrected chi connectivity index (χ3v) is 24.3. The smallest absolute Gasteiger partial charge is 0.410 e. The highest BCUT2D eigenvalue weighted by Gasteiger charge is 2.39. The Kier molecular flexibility index (Phi) is 32.8. The van der Waals surface area contributed by atoms with E-state index < -0.39 is 0 Å². The molecule has 120 heavy (non-hydrogen) atoms. The number of rotatable bonds is 33. The molecule has 3 N–H and O–H groups in total. The number of unbranched alkanes of at least 4 members (excludes halogenated alkanes) is 9. The second-order valence-electron chi connectivity index (χ2n) is 34.4. The molecule has 0 radical (unpaired) electrons. The average Bonchev–Trinajstić information content (AvgIpc) is 1.60. The van der Waals surface area contributed by atoms with Gasteiger partial charge in [-0.25, -0.2) is 19.4 Å². The van der Waals surface area contributed by atoms with Crippen molar-refractivity contribution < 1.29 is 42.8 Å². The Morgan fingerprint density at radius 1 is 0.400 bits per heavy atom. The lowest BCUT2D eigenvalue weighted by Crippen LogP contribution is -2.44. The van der Waals surface area contributed by atoms with Gasteiger partial charge in [0.2, 0.25) is 0 Å². The van der Waals surface area contributed by atoms with Crippen LogP contribution in [0.4, 0.5) is 14.4 Å². The molecule has 10 aromatic rings. The minimum atomic E-state index is -0.288. The highest BCUT2D eigenvalue weighted by atomic mass is 35.5. The van der Waals surface area contributed by atoms with Crippen LogP contribution in [0.3, 0.4) is 0 Å². The molecular weight excluding hydrogens is 1570 g/mol. The largest absolute Gasteiger partial charge is 0.494 e. The highest BCUT2D eigenvalue weighted by molar-refractivity contribution is 6.32. The zero-order valence-electron chi connectivity index (χ0n) is 71.7. The number of carbonyl (C=O) groups excluding carboxylic acids is 3. The van der Waals surface area contributed by atoms with Crippen molar-refractivity contribution in [2.75, 3.05) is 119 Å². The second-order valence-corrected chi connectivity index (χ2v) is 35.7. The molecule has 2 fully saturated rings. The zero-order valence-corrected chi connectivity index (χ0v) is 73.9. The number of hydrogen-bond acceptors (Lipinski definition) is 13. The third-order valence-electron chi connectivity index (χ3n) is 23.6. The van der Waals surface area contributed by atoms with Gasteiger partial charge in [-0.1, -0.05) is 158 Å². The summed E-state index contributed by atoms with van der Waals surface area (Å²) in [6.45, 7) is 28.2. The Morgan fingerprint density at radius 2 is 0.733 bits per heavy atom. The van der Waals surface area contributed by atoms with Crippen LogP contribution in [0.1, 0.15) is 206 Å². The summed E-state index contributed by atoms with van der Waals surface area (Å²) >= 11 is 19.0. The Bertz CT molecular complexity index is 4860. The second kappa shape index (κ2) is 44.3. The van der Waals surface area contributed by atoms with Crippen molar-refractivity contribution in [3.63, 3.8) is 0 Å². The van der Waals surface area contributed by atoms with Crippen LogP contribution in [0.25, 0.3) is 32.7 Å². The van der Waals surface area contributed by atoms with Crippen LogP contribution in [0.15, 0.2) is 146 Å². The third kappa shape index (κ3) is 24.3. The summed E-state index contributed by atoms with van der Waals surface area (Å²) in [6.07, 6.45) is 25.3. The summed E-state index contributed by atoms with van der Waals surface area (Å²) in [7, 11) is 2.20. The predicted molar refractivity (Wildman–Crippen MR) is 483 cm³/mol. The van der Waals surface area contributed by atoms with Crippen LogP contribution < -0.4 is 14.2 Å². The molecule has 0 saturated carbocycles. The number of aromatic amines is 3. The van der Waals surface area contributed by atoms with Gasteiger partial charge in [0.05, 0.1) is 46.0 Å². The number of fused-ring (bicyclic) bond motifs is 9. The number of nitrogens with zero attached hydrogens (tertiary/aromatic N) is 8. The monoisotopic (exact) mass is 1690 g/mol. The summed E-state index contributed by atoms with van der Waals surface area (Å²) in [5.74, 6) is 3.40. The minimum absolute atomic E-state index is 0.261. The van der Waals surface area contributed by atoms with Gasteiger partial charge < -0.3 is 62.6 Å². The number of ether oxygens (including phenoxy) is 6. The normalized spacial score (nSPS) is 17.0. The highest BCUT2D eigenvalue weighted by Crippen LogP contribution is 2.44. The number of likely N-dealkylation sites (N-methyl/N-ethyl adjacent to an activating group) is 1. The van der Waals surface area contributed by atoms with E-state index in [0.29, 0.717) is 61.1 Å². The Balaban J connectivity index is 0.000000156. The van der Waals surface area contributed by atoms with E-state index in [1.165, 1.54) is 133 Å². The number of carbonyl (C=O) groups is 3. The summed E-state index contributed by atoms with van der Waals surface area (Å²) in [5.41, 5.74) is 12.9. The van der Waals surface area contributed by atoms with Crippen LogP contribution >= 0.6 is 34.8 Å². The Labute approximate surface area is 725 Å². The molecule has 5 aliphatic heterocycles. The van der Waals surface area contributed by atoms with Gasteiger partial charge in [-0.2, -0.15) is 0 Å². The first-order valence-corrected chi connectivity index (χ1v) is 45.5. The number of amides is 3. The Morgan fingerprint density at radius 3 is 1.07 bits per heavy atom. The van der Waals surface area contributed by atoms with Gasteiger partial charge in [-0.05, 0) is 246 Å². The van der Waals surface area contributed by atoms with Crippen LogP contribution in [0, 0.1) is 17.8 Å². The van der Waals surface area contributed by atoms with E-state index >= 15 is 0 Å². The molecule has 20 nitrogen and oxygen atoms in total. The molecule has 644 valence electrons. The molecule has 2 saturated heterocycles. The first-order chi connectivity index (χ1) is 58.4. The quantitative estimate of drug-likeness (QED) is 0.0260. The van der Waals surface area contributed by atoms with E-state index in [9.17, 15) is 14.4 Å². The molecular formula is C97H126Cl3N11O9. The van der Waals surface area contributed by atoms with Gasteiger partial charge in [0.15, 0.2) is 0 Å². The van der Waals surface area contributed by atoms with Crippen LogP contribution in [-0.2, 0) is 40.0 Å². The molecule has 23 heteroatoms. The molecule has 3 amide bonds. The number of halogens is 3. The summed E-state index contributed by atoms with van der Waals surface area (Å²) in [6, 6.07) is 41.5. The van der Waals surface area contributed by atoms with E-state index in [0.717, 1.165) is 155 Å². The van der Waals surface area contributed by atoms with Gasteiger partial charge in [0.1, 0.15) is 35.4 Å². The van der Waals surface area contributed by atoms with Crippen molar-refractivity contribution in [3.05, 3.63) is 212 Å². The maximum Gasteiger partial charge on any atom is 0.410 e. The molecule has 6 aromatic carbocycles. The fraction of sp³-hybridized carbons (Fsp3) is 0.505. The van der Waals surface area contributed by atoms with Gasteiger partial charge in [-0.15, -0.1) is 0 Å².